The first-order valence-corrected chi connectivity index (χ1v) is 11.7. The van der Waals surface area contributed by atoms with Crippen LogP contribution in [0.1, 0.15) is 16.7 Å². The Labute approximate surface area is 207 Å². The van der Waals surface area contributed by atoms with E-state index in [4.69, 9.17) is 16.3 Å². The molecular weight excluding hydrogens is 504 g/mol. The number of halogens is 2. The molecule has 0 aliphatic rings. The van der Waals surface area contributed by atoms with Crippen LogP contribution in [0, 0.1) is 6.92 Å². The monoisotopic (exact) mass is 528 g/mol. The van der Waals surface area contributed by atoms with Crippen LogP contribution in [-0.4, -0.2) is 36.4 Å². The first kappa shape index (κ1) is 24.8. The Morgan fingerprint density at radius 3 is 2.42 bits per heavy atom. The molecule has 0 spiro atoms. The van der Waals surface area contributed by atoms with E-state index >= 15 is 0 Å². The number of nitrogens with zero attached hydrogens (tertiary/aromatic N) is 1. The number of carbonyl (C=O) groups excluding carboxylic acids is 2. The van der Waals surface area contributed by atoms with Gasteiger partial charge < -0.3 is 15.0 Å². The molecule has 0 heterocycles. The van der Waals surface area contributed by atoms with E-state index in [-0.39, 0.29) is 25.0 Å². The number of hydrogen-bond donors (Lipinski definition) is 1. The standard InChI is InChI=1S/C26H26BrClN2O3/c1-18-7-6-10-20(13-18)16-30(23(26(32)29-2)14-19-8-4-3-5-9-19)25(31)17-33-24-12-11-21(27)15-22(24)28/h3-13,15,23H,14,16-17H2,1-2H3,(H,29,32). The Morgan fingerprint density at radius 2 is 1.76 bits per heavy atom. The van der Waals surface area contributed by atoms with E-state index in [1.165, 1.54) is 0 Å². The summed E-state index contributed by atoms with van der Waals surface area (Å²) in [5.41, 5.74) is 2.98. The van der Waals surface area contributed by atoms with Crippen LogP contribution in [0.4, 0.5) is 0 Å². The number of hydrogen-bond acceptors (Lipinski definition) is 3. The Balaban J connectivity index is 1.88. The van der Waals surface area contributed by atoms with E-state index < -0.39 is 6.04 Å². The molecule has 1 N–H and O–H groups in total. The lowest BCUT2D eigenvalue weighted by Gasteiger charge is -2.31. The van der Waals surface area contributed by atoms with Crippen molar-refractivity contribution < 1.29 is 14.3 Å². The average Bonchev–Trinajstić information content (AvgIpc) is 2.81. The van der Waals surface area contributed by atoms with Gasteiger partial charge in [-0.2, -0.15) is 0 Å². The van der Waals surface area contributed by atoms with Gasteiger partial charge in [0.15, 0.2) is 6.61 Å². The second-order valence-corrected chi connectivity index (χ2v) is 9.02. The van der Waals surface area contributed by atoms with Crippen molar-refractivity contribution in [3.63, 3.8) is 0 Å². The topological polar surface area (TPSA) is 58.6 Å². The van der Waals surface area contributed by atoms with Crippen molar-refractivity contribution >= 4 is 39.3 Å². The van der Waals surface area contributed by atoms with Crippen molar-refractivity contribution in [1.29, 1.82) is 0 Å². The highest BCUT2D eigenvalue weighted by molar-refractivity contribution is 9.10. The molecule has 3 rings (SSSR count). The van der Waals surface area contributed by atoms with Crippen LogP contribution < -0.4 is 10.1 Å². The molecule has 0 radical (unpaired) electrons. The lowest BCUT2D eigenvalue weighted by Crippen LogP contribution is -2.51. The van der Waals surface area contributed by atoms with Crippen molar-refractivity contribution in [3.05, 3.63) is 99.0 Å². The van der Waals surface area contributed by atoms with E-state index in [0.29, 0.717) is 17.2 Å². The van der Waals surface area contributed by atoms with E-state index in [0.717, 1.165) is 21.2 Å². The smallest absolute Gasteiger partial charge is 0.261 e. The van der Waals surface area contributed by atoms with Crippen LogP contribution in [0.25, 0.3) is 0 Å². The highest BCUT2D eigenvalue weighted by Gasteiger charge is 2.30. The molecular formula is C26H26BrClN2O3. The van der Waals surface area contributed by atoms with E-state index in [1.54, 1.807) is 30.1 Å². The van der Waals surface area contributed by atoms with Crippen molar-refractivity contribution in [1.82, 2.24) is 10.2 Å². The largest absolute Gasteiger partial charge is 0.482 e. The van der Waals surface area contributed by atoms with Gasteiger partial charge >= 0.3 is 0 Å². The zero-order valence-electron chi connectivity index (χ0n) is 18.6. The van der Waals surface area contributed by atoms with Crippen LogP contribution in [0.15, 0.2) is 77.3 Å². The van der Waals surface area contributed by atoms with Gasteiger partial charge in [-0.25, -0.2) is 0 Å². The number of likely N-dealkylation sites (N-methyl/N-ethyl adjacent to an activating group) is 1. The summed E-state index contributed by atoms with van der Waals surface area (Å²) in [6.45, 7) is 2.03. The normalized spacial score (nSPS) is 11.5. The summed E-state index contributed by atoms with van der Waals surface area (Å²) in [5.74, 6) is -0.134. The Hall–Kier alpha value is -2.83. The quantitative estimate of drug-likeness (QED) is 0.416. The first-order chi connectivity index (χ1) is 15.9. The molecule has 33 heavy (non-hydrogen) atoms. The van der Waals surface area contributed by atoms with Gasteiger partial charge in [-0.15, -0.1) is 0 Å². The van der Waals surface area contributed by atoms with Gasteiger partial charge in [0.2, 0.25) is 5.91 Å². The Kier molecular flexibility index (Phi) is 8.92. The average molecular weight is 530 g/mol. The predicted molar refractivity (Wildman–Crippen MR) is 134 cm³/mol. The summed E-state index contributed by atoms with van der Waals surface area (Å²) in [4.78, 5) is 27.9. The summed E-state index contributed by atoms with van der Waals surface area (Å²) in [7, 11) is 1.58. The summed E-state index contributed by atoms with van der Waals surface area (Å²) >= 11 is 9.60. The fourth-order valence-corrected chi connectivity index (χ4v) is 4.27. The SMILES string of the molecule is CNC(=O)C(Cc1ccccc1)N(Cc1cccc(C)c1)C(=O)COc1ccc(Br)cc1Cl. The second kappa shape index (κ2) is 11.9. The van der Waals surface area contributed by atoms with Gasteiger partial charge in [-0.05, 0) is 36.2 Å². The third-order valence-electron chi connectivity index (χ3n) is 5.20. The van der Waals surface area contributed by atoms with Crippen molar-refractivity contribution in [2.24, 2.45) is 0 Å². The minimum Gasteiger partial charge on any atom is -0.482 e. The fraction of sp³-hybridized carbons (Fsp3) is 0.231. The highest BCUT2D eigenvalue weighted by atomic mass is 79.9. The maximum Gasteiger partial charge on any atom is 0.261 e. The molecule has 0 aromatic heterocycles. The molecule has 172 valence electrons. The van der Waals surface area contributed by atoms with Gasteiger partial charge in [0.05, 0.1) is 5.02 Å². The Morgan fingerprint density at radius 1 is 1.03 bits per heavy atom. The van der Waals surface area contributed by atoms with Crippen molar-refractivity contribution in [3.8, 4) is 5.75 Å². The van der Waals surface area contributed by atoms with Crippen molar-refractivity contribution in [2.75, 3.05) is 13.7 Å². The van der Waals surface area contributed by atoms with Crippen LogP contribution in [0.3, 0.4) is 0 Å². The van der Waals surface area contributed by atoms with Gasteiger partial charge in [0.25, 0.3) is 5.91 Å². The van der Waals surface area contributed by atoms with E-state index in [9.17, 15) is 9.59 Å². The van der Waals surface area contributed by atoms with Crippen LogP contribution in [-0.2, 0) is 22.6 Å². The zero-order valence-corrected chi connectivity index (χ0v) is 20.9. The third-order valence-corrected chi connectivity index (χ3v) is 5.99. The molecule has 7 heteroatoms. The number of carbonyl (C=O) groups is 2. The summed E-state index contributed by atoms with van der Waals surface area (Å²) in [5, 5.41) is 3.10. The van der Waals surface area contributed by atoms with Crippen molar-refractivity contribution in [2.45, 2.75) is 25.9 Å². The minimum absolute atomic E-state index is 0.235. The molecule has 3 aromatic rings. The molecule has 0 saturated heterocycles. The number of aryl methyl sites for hydroxylation is 1. The molecule has 0 aliphatic heterocycles. The third kappa shape index (κ3) is 7.07. The van der Waals surface area contributed by atoms with Gasteiger partial charge in [-0.1, -0.05) is 87.7 Å². The second-order valence-electron chi connectivity index (χ2n) is 7.69. The minimum atomic E-state index is -0.700. The molecule has 3 aromatic carbocycles. The number of ether oxygens (including phenoxy) is 1. The molecule has 1 unspecified atom stereocenters. The van der Waals surface area contributed by atoms with E-state index in [1.807, 2.05) is 61.5 Å². The zero-order chi connectivity index (χ0) is 23.8. The maximum absolute atomic E-state index is 13.4. The highest BCUT2D eigenvalue weighted by Crippen LogP contribution is 2.28. The molecule has 5 nitrogen and oxygen atoms in total. The molecule has 2 amide bonds. The summed E-state index contributed by atoms with van der Waals surface area (Å²) < 4.78 is 6.55. The lowest BCUT2D eigenvalue weighted by molar-refractivity contribution is -0.142. The Bertz CT molecular complexity index is 1110. The van der Waals surface area contributed by atoms with Crippen LogP contribution >= 0.6 is 27.5 Å². The lowest BCUT2D eigenvalue weighted by atomic mass is 10.0. The van der Waals surface area contributed by atoms with Gasteiger partial charge in [0.1, 0.15) is 11.8 Å². The van der Waals surface area contributed by atoms with Gasteiger partial charge in [0, 0.05) is 24.5 Å². The van der Waals surface area contributed by atoms with Crippen LogP contribution in [0.2, 0.25) is 5.02 Å². The molecule has 0 fully saturated rings. The summed E-state index contributed by atoms with van der Waals surface area (Å²) in [6, 6.07) is 22.0. The summed E-state index contributed by atoms with van der Waals surface area (Å²) in [6.07, 6.45) is 0.386. The first-order valence-electron chi connectivity index (χ1n) is 10.6. The molecule has 1 atom stereocenters. The molecule has 0 aliphatic carbocycles. The molecule has 0 bridgehead atoms. The number of amides is 2. The predicted octanol–water partition coefficient (Wildman–Crippen LogP) is 5.18. The maximum atomic E-state index is 13.4. The van der Waals surface area contributed by atoms with Gasteiger partial charge in [-0.3, -0.25) is 9.59 Å². The van der Waals surface area contributed by atoms with Crippen LogP contribution in [0.5, 0.6) is 5.75 Å². The fourth-order valence-electron chi connectivity index (χ4n) is 3.54. The molecule has 0 saturated carbocycles. The number of nitrogens with one attached hydrogen (secondary N) is 1. The number of rotatable bonds is 9. The number of benzene rings is 3. The van der Waals surface area contributed by atoms with E-state index in [2.05, 4.69) is 21.2 Å².